The number of aromatic nitrogens is 1. The fourth-order valence-corrected chi connectivity index (χ4v) is 1.27. The minimum Gasteiger partial charge on any atom is -0.508 e. The third kappa shape index (κ3) is 1.50. The molecule has 0 unspecified atom stereocenters. The monoisotopic (exact) mass is 188 g/mol. The first kappa shape index (κ1) is 8.50. The molecule has 0 bridgehead atoms. The van der Waals surface area contributed by atoms with Gasteiger partial charge in [0.05, 0.1) is 5.52 Å². The van der Waals surface area contributed by atoms with E-state index in [4.69, 9.17) is 5.73 Å². The molecule has 0 aliphatic rings. The molecule has 4 nitrogen and oxygen atoms in total. The van der Waals surface area contributed by atoms with Gasteiger partial charge in [-0.1, -0.05) is 0 Å². The number of nitrogens with zero attached hydrogens (tertiary/aromatic N) is 1. The lowest BCUT2D eigenvalue weighted by Crippen LogP contribution is -1.99. The molecule has 0 fully saturated rings. The number of hydrogen-bond acceptors (Lipinski definition) is 4. The van der Waals surface area contributed by atoms with Gasteiger partial charge in [-0.25, -0.2) is 4.98 Å². The molecular weight excluding hydrogens is 180 g/mol. The molecule has 0 saturated heterocycles. The Morgan fingerprint density at radius 1 is 1.21 bits per heavy atom. The summed E-state index contributed by atoms with van der Waals surface area (Å²) in [6, 6.07) is 7.41. The van der Waals surface area contributed by atoms with Crippen molar-refractivity contribution < 1.29 is 5.11 Å². The van der Waals surface area contributed by atoms with E-state index >= 15 is 0 Å². The largest absolute Gasteiger partial charge is 0.508 e. The van der Waals surface area contributed by atoms with Crippen LogP contribution in [0.1, 0.15) is 0 Å². The number of rotatable bonds is 0. The van der Waals surface area contributed by atoms with Crippen LogP contribution in [0.5, 0.6) is 5.75 Å². The van der Waals surface area contributed by atoms with E-state index in [1.165, 1.54) is 18.2 Å². The van der Waals surface area contributed by atoms with E-state index in [1.807, 2.05) is 0 Å². The van der Waals surface area contributed by atoms with Crippen LogP contribution in [0, 0.1) is 0 Å². The Hall–Kier alpha value is -2.10. The number of fused-ring (bicyclic) bond motifs is 1. The van der Waals surface area contributed by atoms with Crippen LogP contribution >= 0.6 is 0 Å². The van der Waals surface area contributed by atoms with E-state index in [2.05, 4.69) is 4.98 Å². The number of phenols is 1. The van der Waals surface area contributed by atoms with Crippen LogP contribution in [0.25, 0.3) is 10.9 Å². The van der Waals surface area contributed by atoms with Crippen LogP contribution in [0.2, 0.25) is 0 Å². The standard InChI is InChI=1S/C10H8N2O2/c11-7-3-6-4-8(13)1-2-9(6)12-10(14)5-7/h1-5,13H,11H2. The molecule has 1 aromatic carbocycles. The Labute approximate surface area is 79.6 Å². The van der Waals surface area contributed by atoms with Crippen molar-refractivity contribution in [2.45, 2.75) is 0 Å². The summed E-state index contributed by atoms with van der Waals surface area (Å²) in [7, 11) is 0. The molecule has 1 aromatic heterocycles. The van der Waals surface area contributed by atoms with Crippen LogP contribution in [-0.4, -0.2) is 10.1 Å². The molecule has 4 heteroatoms. The van der Waals surface area contributed by atoms with E-state index < -0.39 is 0 Å². The molecule has 0 atom stereocenters. The minimum atomic E-state index is -0.386. The SMILES string of the molecule is Nc1cc(=O)nc2ccc(O)cc2c1. The molecule has 0 saturated carbocycles. The summed E-state index contributed by atoms with van der Waals surface area (Å²) in [5.74, 6) is 0.123. The summed E-state index contributed by atoms with van der Waals surface area (Å²) in [6.45, 7) is 0. The van der Waals surface area contributed by atoms with E-state index in [9.17, 15) is 9.90 Å². The van der Waals surface area contributed by atoms with Gasteiger partial charge in [0.15, 0.2) is 0 Å². The summed E-state index contributed by atoms with van der Waals surface area (Å²) in [5, 5.41) is 9.87. The van der Waals surface area contributed by atoms with E-state index in [0.717, 1.165) is 0 Å². The predicted molar refractivity (Wildman–Crippen MR) is 54.1 cm³/mol. The number of nitrogens with two attached hydrogens (primary N) is 1. The van der Waals surface area contributed by atoms with Gasteiger partial charge in [-0.3, -0.25) is 4.79 Å². The summed E-state index contributed by atoms with van der Waals surface area (Å²) < 4.78 is 0. The molecular formula is C10H8N2O2. The maximum atomic E-state index is 11.1. The molecule has 0 amide bonds. The average Bonchev–Trinajstić information content (AvgIpc) is 2.21. The molecule has 0 spiro atoms. The molecule has 2 aromatic rings. The summed E-state index contributed by atoms with van der Waals surface area (Å²) in [5.41, 5.74) is 6.00. The first-order valence-corrected chi connectivity index (χ1v) is 4.06. The van der Waals surface area contributed by atoms with Crippen molar-refractivity contribution in [3.63, 3.8) is 0 Å². The quantitative estimate of drug-likeness (QED) is 0.643. The molecule has 1 heterocycles. The number of hydrogen-bond donors (Lipinski definition) is 2. The number of phenolic OH excluding ortho intramolecular Hbond substituents is 1. The third-order valence-electron chi connectivity index (χ3n) is 1.85. The molecule has 0 aliphatic heterocycles. The number of nitrogen functional groups attached to an aromatic ring is 1. The summed E-state index contributed by atoms with van der Waals surface area (Å²) >= 11 is 0. The highest BCUT2D eigenvalue weighted by molar-refractivity contribution is 5.81. The molecule has 70 valence electrons. The van der Waals surface area contributed by atoms with E-state index in [1.54, 1.807) is 12.1 Å². The van der Waals surface area contributed by atoms with Gasteiger partial charge in [0, 0.05) is 17.1 Å². The molecule has 0 radical (unpaired) electrons. The third-order valence-corrected chi connectivity index (χ3v) is 1.85. The highest BCUT2D eigenvalue weighted by Gasteiger charge is 1.97. The Kier molecular flexibility index (Phi) is 1.81. The van der Waals surface area contributed by atoms with Crippen molar-refractivity contribution >= 4 is 16.6 Å². The minimum absolute atomic E-state index is 0.123. The second kappa shape index (κ2) is 2.99. The van der Waals surface area contributed by atoms with Gasteiger partial charge in [-0.05, 0) is 24.3 Å². The first-order chi connectivity index (χ1) is 6.65. The molecule has 2 rings (SSSR count). The first-order valence-electron chi connectivity index (χ1n) is 4.06. The van der Waals surface area contributed by atoms with Gasteiger partial charge < -0.3 is 10.8 Å². The van der Waals surface area contributed by atoms with Crippen LogP contribution in [-0.2, 0) is 0 Å². The van der Waals surface area contributed by atoms with Crippen LogP contribution in [0.4, 0.5) is 5.69 Å². The fourth-order valence-electron chi connectivity index (χ4n) is 1.27. The Balaban J connectivity index is 2.95. The van der Waals surface area contributed by atoms with E-state index in [0.29, 0.717) is 16.6 Å². The van der Waals surface area contributed by atoms with Crippen molar-refractivity contribution in [1.82, 2.24) is 4.98 Å². The topological polar surface area (TPSA) is 76.2 Å². The predicted octanol–water partition coefficient (Wildman–Crippen LogP) is 0.883. The van der Waals surface area contributed by atoms with Crippen molar-refractivity contribution in [2.24, 2.45) is 0 Å². The Morgan fingerprint density at radius 2 is 2.00 bits per heavy atom. The van der Waals surface area contributed by atoms with Gasteiger partial charge in [0.2, 0.25) is 0 Å². The Bertz CT molecular complexity index is 552. The number of benzene rings is 1. The average molecular weight is 188 g/mol. The van der Waals surface area contributed by atoms with Crippen molar-refractivity contribution in [3.05, 3.63) is 40.7 Å². The van der Waals surface area contributed by atoms with Crippen LogP contribution < -0.4 is 11.3 Å². The summed E-state index contributed by atoms with van der Waals surface area (Å²) in [4.78, 5) is 14.9. The van der Waals surface area contributed by atoms with Gasteiger partial charge in [0.25, 0.3) is 5.56 Å². The highest BCUT2D eigenvalue weighted by atomic mass is 16.3. The van der Waals surface area contributed by atoms with Crippen LogP contribution in [0.3, 0.4) is 0 Å². The second-order valence-electron chi connectivity index (χ2n) is 2.98. The lowest BCUT2D eigenvalue weighted by atomic mass is 10.2. The lowest BCUT2D eigenvalue weighted by molar-refractivity contribution is 0.476. The van der Waals surface area contributed by atoms with Gasteiger partial charge in [-0.15, -0.1) is 0 Å². The van der Waals surface area contributed by atoms with Crippen LogP contribution in [0.15, 0.2) is 35.1 Å². The van der Waals surface area contributed by atoms with Gasteiger partial charge in [-0.2, -0.15) is 0 Å². The van der Waals surface area contributed by atoms with Crippen molar-refractivity contribution in [3.8, 4) is 5.75 Å². The normalized spacial score (nSPS) is 10.3. The number of aromatic hydroxyl groups is 1. The van der Waals surface area contributed by atoms with E-state index in [-0.39, 0.29) is 11.3 Å². The maximum absolute atomic E-state index is 11.1. The Morgan fingerprint density at radius 3 is 2.79 bits per heavy atom. The smallest absolute Gasteiger partial charge is 0.272 e. The van der Waals surface area contributed by atoms with Crippen molar-refractivity contribution in [1.29, 1.82) is 0 Å². The molecule has 0 aliphatic carbocycles. The highest BCUT2D eigenvalue weighted by Crippen LogP contribution is 2.17. The number of anilines is 1. The second-order valence-corrected chi connectivity index (χ2v) is 2.98. The zero-order chi connectivity index (χ0) is 10.1. The maximum Gasteiger partial charge on any atom is 0.272 e. The van der Waals surface area contributed by atoms with Gasteiger partial charge >= 0.3 is 0 Å². The van der Waals surface area contributed by atoms with Crippen molar-refractivity contribution in [2.75, 3.05) is 5.73 Å². The zero-order valence-electron chi connectivity index (χ0n) is 7.27. The lowest BCUT2D eigenvalue weighted by Gasteiger charge is -1.92. The molecule has 14 heavy (non-hydrogen) atoms. The zero-order valence-corrected chi connectivity index (χ0v) is 7.27. The van der Waals surface area contributed by atoms with Gasteiger partial charge in [0.1, 0.15) is 5.75 Å². The fraction of sp³-hybridized carbons (Fsp3) is 0. The molecule has 3 N–H and O–H groups in total. The summed E-state index contributed by atoms with van der Waals surface area (Å²) in [6.07, 6.45) is 0.